The molecule has 5 rings (SSSR count). The van der Waals surface area contributed by atoms with E-state index in [1.165, 1.54) is 33.9 Å². The molecule has 0 aliphatic heterocycles. The van der Waals surface area contributed by atoms with E-state index in [1.807, 2.05) is 18.2 Å². The van der Waals surface area contributed by atoms with Gasteiger partial charge in [0, 0.05) is 11.1 Å². The average Bonchev–Trinajstić information content (AvgIpc) is 3.01. The molecule has 0 radical (unpaired) electrons. The molecule has 0 spiro atoms. The van der Waals surface area contributed by atoms with E-state index >= 15 is 0 Å². The minimum absolute atomic E-state index is 0.173. The molecule has 0 saturated heterocycles. The fourth-order valence-corrected chi connectivity index (χ4v) is 5.48. The molecule has 1 fully saturated rings. The van der Waals surface area contributed by atoms with Crippen LogP contribution in [0.4, 0.5) is 0 Å². The Hall–Kier alpha value is -2.56. The Labute approximate surface area is 167 Å². The van der Waals surface area contributed by atoms with Gasteiger partial charge in [0.05, 0.1) is 6.10 Å². The van der Waals surface area contributed by atoms with Crippen LogP contribution >= 0.6 is 0 Å². The summed E-state index contributed by atoms with van der Waals surface area (Å²) in [4.78, 5) is 0. The number of hydrogen-bond donors (Lipinski definition) is 1. The molecule has 1 nitrogen and oxygen atoms in total. The number of aryl methyl sites for hydroxylation is 2. The third-order valence-electron chi connectivity index (χ3n) is 6.93. The molecular weight excluding hydrogens is 340 g/mol. The lowest BCUT2D eigenvalue weighted by atomic mass is 9.66. The van der Waals surface area contributed by atoms with E-state index in [9.17, 15) is 5.11 Å². The standard InChI is InChI=1S/C27H26O/c1-18-8-11-22-20(10-9-19-6-4-3-5-7-19)15-25-23(24(22)14-18)12-13-27(2)17-21(28)16-26(25)27/h3-8,11,14-15,21,26,28H,12-13,16-17H2,1-2H3/t21-,26-,27+/m0/s1. The molecule has 28 heavy (non-hydrogen) atoms. The summed E-state index contributed by atoms with van der Waals surface area (Å²) in [6, 6.07) is 19.3. The number of benzene rings is 3. The van der Waals surface area contributed by atoms with Crippen LogP contribution in [0.5, 0.6) is 0 Å². The normalized spacial score (nSPS) is 25.7. The maximum Gasteiger partial charge on any atom is 0.0551 e. The van der Waals surface area contributed by atoms with Gasteiger partial charge in [0.1, 0.15) is 0 Å². The van der Waals surface area contributed by atoms with Crippen molar-refractivity contribution in [3.8, 4) is 11.8 Å². The average molecular weight is 367 g/mol. The third kappa shape index (κ3) is 2.84. The molecule has 140 valence electrons. The monoisotopic (exact) mass is 366 g/mol. The first-order valence-electron chi connectivity index (χ1n) is 10.3. The molecule has 2 aliphatic rings. The van der Waals surface area contributed by atoms with Crippen molar-refractivity contribution < 1.29 is 5.11 Å². The van der Waals surface area contributed by atoms with Gasteiger partial charge in [0.25, 0.3) is 0 Å². The summed E-state index contributed by atoms with van der Waals surface area (Å²) < 4.78 is 0. The van der Waals surface area contributed by atoms with E-state index in [0.717, 1.165) is 30.4 Å². The quantitative estimate of drug-likeness (QED) is 0.503. The Kier molecular flexibility index (Phi) is 4.07. The van der Waals surface area contributed by atoms with Crippen molar-refractivity contribution in [1.29, 1.82) is 0 Å². The molecule has 0 aromatic heterocycles. The fraction of sp³-hybridized carbons (Fsp3) is 0.333. The molecule has 1 heteroatoms. The Morgan fingerprint density at radius 2 is 1.82 bits per heavy atom. The molecule has 0 bridgehead atoms. The zero-order valence-electron chi connectivity index (χ0n) is 16.6. The van der Waals surface area contributed by atoms with Crippen LogP contribution in [0.2, 0.25) is 0 Å². The largest absolute Gasteiger partial charge is 0.393 e. The second-order valence-corrected chi connectivity index (χ2v) is 8.96. The van der Waals surface area contributed by atoms with E-state index in [1.54, 1.807) is 0 Å². The first-order chi connectivity index (χ1) is 13.5. The minimum atomic E-state index is -0.173. The molecule has 1 saturated carbocycles. The van der Waals surface area contributed by atoms with Crippen molar-refractivity contribution in [2.24, 2.45) is 5.41 Å². The number of aliphatic hydroxyl groups excluding tert-OH is 1. The second kappa shape index (κ2) is 6.50. The van der Waals surface area contributed by atoms with E-state index in [2.05, 4.69) is 62.1 Å². The van der Waals surface area contributed by atoms with Gasteiger partial charge in [-0.3, -0.25) is 0 Å². The zero-order chi connectivity index (χ0) is 19.3. The molecule has 3 atom stereocenters. The summed E-state index contributed by atoms with van der Waals surface area (Å²) in [7, 11) is 0. The zero-order valence-corrected chi connectivity index (χ0v) is 16.6. The Morgan fingerprint density at radius 3 is 2.64 bits per heavy atom. The lowest BCUT2D eigenvalue weighted by molar-refractivity contribution is 0.159. The van der Waals surface area contributed by atoms with Crippen LogP contribution in [-0.2, 0) is 6.42 Å². The smallest absolute Gasteiger partial charge is 0.0551 e. The maximum absolute atomic E-state index is 10.4. The minimum Gasteiger partial charge on any atom is -0.393 e. The number of fused-ring (bicyclic) bond motifs is 5. The molecule has 0 heterocycles. The predicted molar refractivity (Wildman–Crippen MR) is 116 cm³/mol. The van der Waals surface area contributed by atoms with Gasteiger partial charge >= 0.3 is 0 Å². The van der Waals surface area contributed by atoms with E-state index in [0.29, 0.717) is 5.92 Å². The van der Waals surface area contributed by atoms with Gasteiger partial charge in [0.2, 0.25) is 0 Å². The first-order valence-corrected chi connectivity index (χ1v) is 10.3. The van der Waals surface area contributed by atoms with Crippen LogP contribution in [0.1, 0.15) is 59.9 Å². The molecular formula is C27H26O. The first kappa shape index (κ1) is 17.5. The molecule has 0 unspecified atom stereocenters. The van der Waals surface area contributed by atoms with Crippen molar-refractivity contribution in [1.82, 2.24) is 0 Å². The van der Waals surface area contributed by atoms with E-state index < -0.39 is 0 Å². The van der Waals surface area contributed by atoms with Crippen LogP contribution < -0.4 is 0 Å². The number of rotatable bonds is 0. The maximum atomic E-state index is 10.4. The molecule has 0 amide bonds. The topological polar surface area (TPSA) is 20.2 Å². The van der Waals surface area contributed by atoms with Crippen LogP contribution in [0, 0.1) is 24.2 Å². The van der Waals surface area contributed by atoms with Crippen molar-refractivity contribution in [2.45, 2.75) is 51.6 Å². The Bertz CT molecular complexity index is 1120. The summed E-state index contributed by atoms with van der Waals surface area (Å²) in [5.74, 6) is 7.26. The SMILES string of the molecule is Cc1ccc2c(C#Cc3ccccc3)cc3c(c2c1)CC[C@]1(C)C[C@@H](O)C[C@@H]31. The van der Waals surface area contributed by atoms with Gasteiger partial charge in [-0.05, 0) is 84.0 Å². The van der Waals surface area contributed by atoms with Crippen molar-refractivity contribution in [3.63, 3.8) is 0 Å². The highest BCUT2D eigenvalue weighted by atomic mass is 16.3. The summed E-state index contributed by atoms with van der Waals surface area (Å²) in [5.41, 5.74) is 6.59. The van der Waals surface area contributed by atoms with Gasteiger partial charge in [-0.1, -0.05) is 60.7 Å². The van der Waals surface area contributed by atoms with Gasteiger partial charge < -0.3 is 5.11 Å². The Morgan fingerprint density at radius 1 is 1.00 bits per heavy atom. The van der Waals surface area contributed by atoms with Gasteiger partial charge in [-0.2, -0.15) is 0 Å². The van der Waals surface area contributed by atoms with Crippen molar-refractivity contribution >= 4 is 10.8 Å². The molecule has 3 aromatic rings. The third-order valence-corrected chi connectivity index (χ3v) is 6.93. The van der Waals surface area contributed by atoms with Crippen molar-refractivity contribution in [2.75, 3.05) is 0 Å². The number of hydrogen-bond acceptors (Lipinski definition) is 1. The highest BCUT2D eigenvalue weighted by molar-refractivity contribution is 5.93. The molecule has 2 aliphatic carbocycles. The Balaban J connectivity index is 1.73. The van der Waals surface area contributed by atoms with Crippen molar-refractivity contribution in [3.05, 3.63) is 82.4 Å². The van der Waals surface area contributed by atoms with Gasteiger partial charge in [-0.15, -0.1) is 0 Å². The van der Waals surface area contributed by atoms with Gasteiger partial charge in [0.15, 0.2) is 0 Å². The summed E-state index contributed by atoms with van der Waals surface area (Å²) in [5, 5.41) is 13.0. The predicted octanol–water partition coefficient (Wildman–Crippen LogP) is 5.74. The lowest BCUT2D eigenvalue weighted by Gasteiger charge is -2.38. The second-order valence-electron chi connectivity index (χ2n) is 8.96. The highest BCUT2D eigenvalue weighted by Gasteiger charge is 2.47. The lowest BCUT2D eigenvalue weighted by Crippen LogP contribution is -2.27. The van der Waals surface area contributed by atoms with E-state index in [4.69, 9.17) is 0 Å². The molecule has 3 aromatic carbocycles. The van der Waals surface area contributed by atoms with Crippen LogP contribution in [0.25, 0.3) is 10.8 Å². The highest BCUT2D eigenvalue weighted by Crippen LogP contribution is 2.56. The summed E-state index contributed by atoms with van der Waals surface area (Å²) in [6.45, 7) is 4.53. The molecule has 1 N–H and O–H groups in total. The fourth-order valence-electron chi connectivity index (χ4n) is 5.48. The van der Waals surface area contributed by atoms with Crippen LogP contribution in [0.15, 0.2) is 54.6 Å². The number of aliphatic hydroxyl groups is 1. The summed E-state index contributed by atoms with van der Waals surface area (Å²) >= 11 is 0. The van der Waals surface area contributed by atoms with Gasteiger partial charge in [-0.25, -0.2) is 0 Å². The summed E-state index contributed by atoms with van der Waals surface area (Å²) in [6.07, 6.45) is 3.90. The van der Waals surface area contributed by atoms with Crippen LogP contribution in [0.3, 0.4) is 0 Å². The van der Waals surface area contributed by atoms with E-state index in [-0.39, 0.29) is 11.5 Å². The van der Waals surface area contributed by atoms with Crippen LogP contribution in [-0.4, -0.2) is 11.2 Å².